The summed E-state index contributed by atoms with van der Waals surface area (Å²) in [5.74, 6) is 0. The maximum atomic E-state index is 12.8. The molecule has 0 saturated heterocycles. The molecule has 3 N–H and O–H groups in total. The molecule has 0 atom stereocenters. The molecule has 1 aromatic heterocycles. The van der Waals surface area contributed by atoms with Crippen LogP contribution in [0.2, 0.25) is 5.02 Å². The van der Waals surface area contributed by atoms with Gasteiger partial charge in [-0.05, 0) is 61.6 Å². The summed E-state index contributed by atoms with van der Waals surface area (Å²) in [5, 5.41) is 9.49. The first kappa shape index (κ1) is 23.2. The molecule has 1 heterocycles. The number of hydrogen-bond acceptors (Lipinski definition) is 5. The van der Waals surface area contributed by atoms with Gasteiger partial charge in [0.1, 0.15) is 0 Å². The first-order chi connectivity index (χ1) is 15.8. The minimum atomic E-state index is -3.79. The third-order valence-corrected chi connectivity index (χ3v) is 7.20. The minimum absolute atomic E-state index is 0.120. The fraction of sp³-hybridized carbons (Fsp3) is 0.0435. The predicted molar refractivity (Wildman–Crippen MR) is 141 cm³/mol. The molecule has 0 unspecified atom stereocenters. The number of anilines is 3. The van der Waals surface area contributed by atoms with E-state index in [1.807, 2.05) is 42.6 Å². The van der Waals surface area contributed by atoms with E-state index in [0.29, 0.717) is 32.2 Å². The van der Waals surface area contributed by atoms with Gasteiger partial charge in [0.15, 0.2) is 10.2 Å². The highest BCUT2D eigenvalue weighted by molar-refractivity contribution is 7.92. The van der Waals surface area contributed by atoms with E-state index in [9.17, 15) is 8.42 Å². The Labute approximate surface area is 206 Å². The van der Waals surface area contributed by atoms with Crippen LogP contribution in [0.1, 0.15) is 5.56 Å². The Kier molecular flexibility index (Phi) is 6.94. The zero-order valence-electron chi connectivity index (χ0n) is 17.4. The van der Waals surface area contributed by atoms with Crippen molar-refractivity contribution in [3.8, 4) is 11.3 Å². The van der Waals surface area contributed by atoms with E-state index >= 15 is 0 Å². The van der Waals surface area contributed by atoms with Gasteiger partial charge in [0.05, 0.1) is 16.3 Å². The number of thiocarbonyl (C=S) groups is 1. The second-order valence-electron chi connectivity index (χ2n) is 7.09. The summed E-state index contributed by atoms with van der Waals surface area (Å²) in [4.78, 5) is 4.70. The van der Waals surface area contributed by atoms with Gasteiger partial charge in [0.25, 0.3) is 10.0 Å². The molecule has 0 bridgehead atoms. The summed E-state index contributed by atoms with van der Waals surface area (Å²) in [6, 6.07) is 20.9. The van der Waals surface area contributed by atoms with Crippen molar-refractivity contribution >= 4 is 66.8 Å². The molecule has 0 saturated carbocycles. The molecule has 0 amide bonds. The fourth-order valence-corrected chi connectivity index (χ4v) is 5.16. The van der Waals surface area contributed by atoms with Crippen molar-refractivity contribution in [2.45, 2.75) is 11.8 Å². The molecule has 0 aliphatic heterocycles. The first-order valence-electron chi connectivity index (χ1n) is 9.78. The van der Waals surface area contributed by atoms with Crippen LogP contribution in [0.3, 0.4) is 0 Å². The molecule has 0 aliphatic rings. The summed E-state index contributed by atoms with van der Waals surface area (Å²) in [5.41, 5.74) is 3.72. The number of aryl methyl sites for hydroxylation is 1. The van der Waals surface area contributed by atoms with Gasteiger partial charge < -0.3 is 10.6 Å². The standard InChI is InChI=1S/C23H19ClN4O2S3/c1-15-6-10-17(11-7-15)25-22(31)27-23-26-21(14-32-23)19-4-2-3-5-20(19)28-33(29,30)18-12-8-16(24)9-13-18/h2-14,28H,1H3,(H2,25,26,27,31). The number of hydrogen-bond donors (Lipinski definition) is 3. The van der Waals surface area contributed by atoms with E-state index < -0.39 is 10.0 Å². The molecular weight excluding hydrogens is 496 g/mol. The van der Waals surface area contributed by atoms with Crippen LogP contribution in [-0.2, 0) is 10.0 Å². The molecule has 3 aromatic carbocycles. The van der Waals surface area contributed by atoms with Crippen molar-refractivity contribution in [1.29, 1.82) is 0 Å². The fourth-order valence-electron chi connectivity index (χ4n) is 2.96. The second-order valence-corrected chi connectivity index (χ2v) is 10.5. The topological polar surface area (TPSA) is 83.1 Å². The van der Waals surface area contributed by atoms with Crippen molar-refractivity contribution < 1.29 is 8.42 Å². The number of para-hydroxylation sites is 1. The Bertz CT molecular complexity index is 1390. The quantitative estimate of drug-likeness (QED) is 0.259. The lowest BCUT2D eigenvalue weighted by Gasteiger charge is -2.12. The highest BCUT2D eigenvalue weighted by Crippen LogP contribution is 2.32. The number of nitrogens with zero attached hydrogens (tertiary/aromatic N) is 1. The van der Waals surface area contributed by atoms with Crippen molar-refractivity contribution in [2.24, 2.45) is 0 Å². The van der Waals surface area contributed by atoms with Crippen LogP contribution in [0.4, 0.5) is 16.5 Å². The third-order valence-electron chi connectivity index (χ3n) is 4.61. The van der Waals surface area contributed by atoms with Gasteiger partial charge in [-0.2, -0.15) is 0 Å². The molecule has 0 aliphatic carbocycles. The van der Waals surface area contributed by atoms with Crippen molar-refractivity contribution in [3.63, 3.8) is 0 Å². The Hall–Kier alpha value is -2.98. The molecule has 0 spiro atoms. The van der Waals surface area contributed by atoms with Crippen LogP contribution >= 0.6 is 35.2 Å². The number of rotatable bonds is 6. The number of thiazole rings is 1. The zero-order chi connectivity index (χ0) is 23.4. The third kappa shape index (κ3) is 5.88. The van der Waals surface area contributed by atoms with E-state index in [1.165, 1.54) is 35.6 Å². The van der Waals surface area contributed by atoms with E-state index in [1.54, 1.807) is 18.2 Å². The van der Waals surface area contributed by atoms with Crippen LogP contribution < -0.4 is 15.4 Å². The number of aromatic nitrogens is 1. The van der Waals surface area contributed by atoms with Gasteiger partial charge in [-0.25, -0.2) is 13.4 Å². The van der Waals surface area contributed by atoms with Crippen LogP contribution in [0.5, 0.6) is 0 Å². The molecule has 168 valence electrons. The maximum Gasteiger partial charge on any atom is 0.261 e. The Morgan fingerprint density at radius 2 is 1.67 bits per heavy atom. The Morgan fingerprint density at radius 3 is 2.39 bits per heavy atom. The van der Waals surface area contributed by atoms with Gasteiger partial charge in [-0.15, -0.1) is 11.3 Å². The summed E-state index contributed by atoms with van der Waals surface area (Å²) in [6.07, 6.45) is 0. The highest BCUT2D eigenvalue weighted by Gasteiger charge is 2.17. The normalized spacial score (nSPS) is 11.1. The van der Waals surface area contributed by atoms with Gasteiger partial charge in [-0.1, -0.05) is 47.5 Å². The Balaban J connectivity index is 1.51. The molecule has 4 rings (SSSR count). The monoisotopic (exact) mass is 514 g/mol. The van der Waals surface area contributed by atoms with Gasteiger partial charge >= 0.3 is 0 Å². The highest BCUT2D eigenvalue weighted by atomic mass is 35.5. The predicted octanol–water partition coefficient (Wildman–Crippen LogP) is 6.38. The molecule has 4 aromatic rings. The minimum Gasteiger partial charge on any atom is -0.332 e. The van der Waals surface area contributed by atoms with Crippen molar-refractivity contribution in [1.82, 2.24) is 4.98 Å². The molecule has 6 nitrogen and oxygen atoms in total. The smallest absolute Gasteiger partial charge is 0.261 e. The Morgan fingerprint density at radius 1 is 0.970 bits per heavy atom. The van der Waals surface area contributed by atoms with Crippen LogP contribution in [0.15, 0.2) is 83.1 Å². The van der Waals surface area contributed by atoms with Gasteiger partial charge in [0, 0.05) is 21.7 Å². The lowest BCUT2D eigenvalue weighted by atomic mass is 10.1. The van der Waals surface area contributed by atoms with E-state index in [0.717, 1.165) is 11.3 Å². The van der Waals surface area contributed by atoms with Crippen LogP contribution in [0.25, 0.3) is 11.3 Å². The lowest BCUT2D eigenvalue weighted by Crippen LogP contribution is -2.18. The average Bonchev–Trinajstić information content (AvgIpc) is 3.24. The summed E-state index contributed by atoms with van der Waals surface area (Å²) in [7, 11) is -3.79. The SMILES string of the molecule is Cc1ccc(NC(=S)Nc2nc(-c3ccccc3NS(=O)(=O)c3ccc(Cl)cc3)cs2)cc1. The maximum absolute atomic E-state index is 12.8. The van der Waals surface area contributed by atoms with Gasteiger partial charge in [0.2, 0.25) is 0 Å². The molecule has 33 heavy (non-hydrogen) atoms. The molecule has 0 radical (unpaired) electrons. The van der Waals surface area contributed by atoms with Crippen LogP contribution in [-0.4, -0.2) is 18.5 Å². The number of benzene rings is 3. The average molecular weight is 515 g/mol. The first-order valence-corrected chi connectivity index (χ1v) is 12.9. The zero-order valence-corrected chi connectivity index (χ0v) is 20.6. The largest absolute Gasteiger partial charge is 0.332 e. The van der Waals surface area contributed by atoms with Gasteiger partial charge in [-0.3, -0.25) is 4.72 Å². The number of nitrogens with one attached hydrogen (secondary N) is 3. The summed E-state index contributed by atoms with van der Waals surface area (Å²) < 4.78 is 28.3. The summed E-state index contributed by atoms with van der Waals surface area (Å²) >= 11 is 12.6. The van der Waals surface area contributed by atoms with E-state index in [-0.39, 0.29) is 4.90 Å². The van der Waals surface area contributed by atoms with E-state index in [2.05, 4.69) is 20.3 Å². The molecule has 10 heteroatoms. The summed E-state index contributed by atoms with van der Waals surface area (Å²) in [6.45, 7) is 2.02. The van der Waals surface area contributed by atoms with Crippen molar-refractivity contribution in [2.75, 3.05) is 15.4 Å². The van der Waals surface area contributed by atoms with Crippen LogP contribution in [0, 0.1) is 6.92 Å². The second kappa shape index (κ2) is 9.88. The molecular formula is C23H19ClN4O2S3. The van der Waals surface area contributed by atoms with E-state index in [4.69, 9.17) is 23.8 Å². The van der Waals surface area contributed by atoms with Crippen molar-refractivity contribution in [3.05, 3.63) is 88.8 Å². The number of halogens is 1. The lowest BCUT2D eigenvalue weighted by molar-refractivity contribution is 0.601. The molecule has 0 fully saturated rings. The number of sulfonamides is 1.